The Bertz CT molecular complexity index is 511. The van der Waals surface area contributed by atoms with Crippen LogP contribution in [0.2, 0.25) is 0 Å². The minimum Gasteiger partial charge on any atom is -0.508 e. The fourth-order valence-corrected chi connectivity index (χ4v) is 1.75. The Morgan fingerprint density at radius 2 is 1.65 bits per heavy atom. The first-order valence-corrected chi connectivity index (χ1v) is 5.38. The van der Waals surface area contributed by atoms with Crippen LogP contribution in [-0.2, 0) is 6.42 Å². The lowest BCUT2D eigenvalue weighted by atomic mass is 10.0. The van der Waals surface area contributed by atoms with E-state index in [-0.39, 0.29) is 18.0 Å². The SMILES string of the molecule is Oc1ccccc1[C@H](O)Cc1ccccc1F. The maximum Gasteiger partial charge on any atom is 0.126 e. The maximum atomic E-state index is 13.4. The summed E-state index contributed by atoms with van der Waals surface area (Å²) < 4.78 is 13.4. The van der Waals surface area contributed by atoms with Gasteiger partial charge in [-0.2, -0.15) is 0 Å². The van der Waals surface area contributed by atoms with Gasteiger partial charge in [0.1, 0.15) is 11.6 Å². The third kappa shape index (κ3) is 2.63. The molecular weight excluding hydrogens is 219 g/mol. The van der Waals surface area contributed by atoms with Crippen molar-refractivity contribution in [2.45, 2.75) is 12.5 Å². The van der Waals surface area contributed by atoms with Gasteiger partial charge in [-0.1, -0.05) is 36.4 Å². The number of aromatic hydroxyl groups is 1. The van der Waals surface area contributed by atoms with Crippen molar-refractivity contribution in [3.63, 3.8) is 0 Å². The summed E-state index contributed by atoms with van der Waals surface area (Å²) in [5, 5.41) is 19.5. The van der Waals surface area contributed by atoms with Crippen LogP contribution in [0.25, 0.3) is 0 Å². The van der Waals surface area contributed by atoms with Crippen molar-refractivity contribution in [1.29, 1.82) is 0 Å². The lowest BCUT2D eigenvalue weighted by molar-refractivity contribution is 0.173. The first-order valence-electron chi connectivity index (χ1n) is 5.38. The molecule has 0 bridgehead atoms. The number of hydrogen-bond donors (Lipinski definition) is 2. The highest BCUT2D eigenvalue weighted by Crippen LogP contribution is 2.26. The number of rotatable bonds is 3. The standard InChI is InChI=1S/C14H13FO2/c15-12-7-3-1-5-10(12)9-14(17)11-6-2-4-8-13(11)16/h1-8,14,16-17H,9H2/t14-/m1/s1. The van der Waals surface area contributed by atoms with Crippen molar-refractivity contribution in [2.75, 3.05) is 0 Å². The predicted molar refractivity (Wildman–Crippen MR) is 63.2 cm³/mol. The fraction of sp³-hybridized carbons (Fsp3) is 0.143. The van der Waals surface area contributed by atoms with Crippen molar-refractivity contribution in [3.05, 3.63) is 65.5 Å². The highest BCUT2D eigenvalue weighted by Gasteiger charge is 2.14. The second kappa shape index (κ2) is 4.97. The number of hydrogen-bond acceptors (Lipinski definition) is 2. The quantitative estimate of drug-likeness (QED) is 0.854. The van der Waals surface area contributed by atoms with Gasteiger partial charge < -0.3 is 10.2 Å². The van der Waals surface area contributed by atoms with Crippen LogP contribution in [0.3, 0.4) is 0 Å². The molecule has 0 spiro atoms. The zero-order valence-electron chi connectivity index (χ0n) is 9.18. The molecule has 17 heavy (non-hydrogen) atoms. The van der Waals surface area contributed by atoms with Crippen molar-refractivity contribution < 1.29 is 14.6 Å². The van der Waals surface area contributed by atoms with Gasteiger partial charge in [0.25, 0.3) is 0 Å². The first kappa shape index (κ1) is 11.6. The Morgan fingerprint density at radius 3 is 2.35 bits per heavy atom. The molecule has 0 unspecified atom stereocenters. The highest BCUT2D eigenvalue weighted by molar-refractivity contribution is 5.34. The van der Waals surface area contributed by atoms with Crippen LogP contribution in [0.5, 0.6) is 5.75 Å². The monoisotopic (exact) mass is 232 g/mol. The molecule has 88 valence electrons. The van der Waals surface area contributed by atoms with Crippen molar-refractivity contribution >= 4 is 0 Å². The molecule has 3 heteroatoms. The largest absolute Gasteiger partial charge is 0.508 e. The molecule has 0 aliphatic rings. The third-order valence-electron chi connectivity index (χ3n) is 2.67. The number of halogens is 1. The molecule has 2 rings (SSSR count). The Kier molecular flexibility index (Phi) is 3.40. The van der Waals surface area contributed by atoms with Gasteiger partial charge in [-0.15, -0.1) is 0 Å². The molecule has 0 aromatic heterocycles. The van der Waals surface area contributed by atoms with Crippen LogP contribution in [0.4, 0.5) is 4.39 Å². The summed E-state index contributed by atoms with van der Waals surface area (Å²) in [6, 6.07) is 12.8. The predicted octanol–water partition coefficient (Wildman–Crippen LogP) is 2.81. The number of phenols is 1. The Balaban J connectivity index is 2.20. The summed E-state index contributed by atoms with van der Waals surface area (Å²) in [5.41, 5.74) is 0.846. The highest BCUT2D eigenvalue weighted by atomic mass is 19.1. The van der Waals surface area contributed by atoms with Gasteiger partial charge in [0.15, 0.2) is 0 Å². The van der Waals surface area contributed by atoms with Gasteiger partial charge in [0.2, 0.25) is 0 Å². The second-order valence-electron chi connectivity index (χ2n) is 3.87. The van der Waals surface area contributed by atoms with Crippen LogP contribution < -0.4 is 0 Å². The fourth-order valence-electron chi connectivity index (χ4n) is 1.75. The molecule has 0 saturated carbocycles. The van der Waals surface area contributed by atoms with Gasteiger partial charge in [-0.3, -0.25) is 0 Å². The van der Waals surface area contributed by atoms with E-state index in [0.29, 0.717) is 11.1 Å². The normalized spacial score (nSPS) is 12.4. The number of para-hydroxylation sites is 1. The van der Waals surface area contributed by atoms with Crippen LogP contribution in [0.1, 0.15) is 17.2 Å². The van der Waals surface area contributed by atoms with Gasteiger partial charge in [0, 0.05) is 12.0 Å². The summed E-state index contributed by atoms with van der Waals surface area (Å²) in [6.07, 6.45) is -0.766. The van der Waals surface area contributed by atoms with Gasteiger partial charge in [-0.25, -0.2) is 4.39 Å². The molecule has 0 aliphatic heterocycles. The number of aliphatic hydroxyl groups is 1. The Labute approximate surface area is 99.0 Å². The lowest BCUT2D eigenvalue weighted by Gasteiger charge is -2.12. The lowest BCUT2D eigenvalue weighted by Crippen LogP contribution is -2.03. The topological polar surface area (TPSA) is 40.5 Å². The van der Waals surface area contributed by atoms with Crippen LogP contribution in [0.15, 0.2) is 48.5 Å². The second-order valence-corrected chi connectivity index (χ2v) is 3.87. The number of benzene rings is 2. The molecule has 0 fully saturated rings. The third-order valence-corrected chi connectivity index (χ3v) is 2.67. The Morgan fingerprint density at radius 1 is 1.00 bits per heavy atom. The summed E-state index contributed by atoms with van der Waals surface area (Å²) in [4.78, 5) is 0. The molecule has 0 radical (unpaired) electrons. The van der Waals surface area contributed by atoms with Crippen molar-refractivity contribution in [3.8, 4) is 5.75 Å². The summed E-state index contributed by atoms with van der Waals surface area (Å²) in [6.45, 7) is 0. The molecule has 2 aromatic carbocycles. The van der Waals surface area contributed by atoms with Gasteiger partial charge in [0.05, 0.1) is 6.10 Å². The van der Waals surface area contributed by atoms with E-state index in [2.05, 4.69) is 0 Å². The van der Waals surface area contributed by atoms with Crippen molar-refractivity contribution in [2.24, 2.45) is 0 Å². The van der Waals surface area contributed by atoms with Crippen molar-refractivity contribution in [1.82, 2.24) is 0 Å². The average Bonchev–Trinajstić information content (AvgIpc) is 2.32. The van der Waals surface area contributed by atoms with Crippen LogP contribution >= 0.6 is 0 Å². The van der Waals surface area contributed by atoms with E-state index in [4.69, 9.17) is 0 Å². The first-order chi connectivity index (χ1) is 8.18. The molecule has 1 atom stereocenters. The molecular formula is C14H13FO2. The maximum absolute atomic E-state index is 13.4. The molecule has 0 amide bonds. The minimum atomic E-state index is -0.909. The van der Waals surface area contributed by atoms with E-state index in [9.17, 15) is 14.6 Å². The molecule has 0 heterocycles. The summed E-state index contributed by atoms with van der Waals surface area (Å²) in [5.74, 6) is -0.321. The minimum absolute atomic E-state index is 0.0244. The smallest absolute Gasteiger partial charge is 0.126 e. The average molecular weight is 232 g/mol. The molecule has 0 saturated heterocycles. The number of aliphatic hydroxyl groups excluding tert-OH is 1. The van der Waals surface area contributed by atoms with Gasteiger partial charge >= 0.3 is 0 Å². The van der Waals surface area contributed by atoms with Crippen LogP contribution in [0, 0.1) is 5.82 Å². The van der Waals surface area contributed by atoms with E-state index < -0.39 is 6.10 Å². The van der Waals surface area contributed by atoms with E-state index in [1.165, 1.54) is 12.1 Å². The molecule has 2 nitrogen and oxygen atoms in total. The summed E-state index contributed by atoms with van der Waals surface area (Å²) >= 11 is 0. The summed E-state index contributed by atoms with van der Waals surface area (Å²) in [7, 11) is 0. The number of phenolic OH excluding ortho intramolecular Hbond substituents is 1. The zero-order valence-corrected chi connectivity index (χ0v) is 9.18. The van der Waals surface area contributed by atoms with Crippen LogP contribution in [-0.4, -0.2) is 10.2 Å². The van der Waals surface area contributed by atoms with E-state index >= 15 is 0 Å². The van der Waals surface area contributed by atoms with E-state index in [1.807, 2.05) is 0 Å². The van der Waals surface area contributed by atoms with Gasteiger partial charge in [-0.05, 0) is 17.7 Å². The molecule has 2 N–H and O–H groups in total. The van der Waals surface area contributed by atoms with E-state index in [1.54, 1.807) is 36.4 Å². The Hall–Kier alpha value is -1.87. The molecule has 0 aliphatic carbocycles. The van der Waals surface area contributed by atoms with E-state index in [0.717, 1.165) is 0 Å². The zero-order chi connectivity index (χ0) is 12.3. The molecule has 2 aromatic rings.